The Labute approximate surface area is 97.0 Å². The fraction of sp³-hybridized carbons (Fsp3) is 0.364. The summed E-state index contributed by atoms with van der Waals surface area (Å²) < 4.78 is 0. The van der Waals surface area contributed by atoms with E-state index in [-0.39, 0.29) is 0 Å². The number of nitrogens with one attached hydrogen (secondary N) is 1. The number of hydrogen-bond acceptors (Lipinski definition) is 4. The molecule has 1 N–H and O–H groups in total. The minimum atomic E-state index is 0.494. The zero-order valence-electron chi connectivity index (χ0n) is 8.27. The van der Waals surface area contributed by atoms with Gasteiger partial charge in [0.1, 0.15) is 5.01 Å². The van der Waals surface area contributed by atoms with Crippen LogP contribution < -0.4 is 5.32 Å². The topological polar surface area (TPSA) is 24.9 Å². The second kappa shape index (κ2) is 4.04. The van der Waals surface area contributed by atoms with E-state index in [1.807, 2.05) is 0 Å². The molecule has 0 amide bonds. The van der Waals surface area contributed by atoms with Crippen molar-refractivity contribution in [1.29, 1.82) is 0 Å². The molecule has 2 nitrogen and oxygen atoms in total. The quantitative estimate of drug-likeness (QED) is 0.865. The normalized spacial score (nSPS) is 20.9. The molecular formula is C11H12N2S2. The van der Waals surface area contributed by atoms with Gasteiger partial charge in [-0.1, -0.05) is 0 Å². The highest BCUT2D eigenvalue weighted by atomic mass is 32.1. The van der Waals surface area contributed by atoms with Gasteiger partial charge in [-0.2, -0.15) is 11.3 Å². The van der Waals surface area contributed by atoms with Gasteiger partial charge in [0.15, 0.2) is 0 Å². The zero-order valence-corrected chi connectivity index (χ0v) is 9.90. The van der Waals surface area contributed by atoms with Crippen molar-refractivity contribution in [2.75, 3.05) is 6.54 Å². The molecule has 0 radical (unpaired) electrons. The SMILES string of the molecule is c1cc(-c2nc([C@H]3CCCN3)cs2)cs1. The van der Waals surface area contributed by atoms with Crippen LogP contribution in [-0.2, 0) is 0 Å². The Morgan fingerprint density at radius 1 is 1.40 bits per heavy atom. The number of hydrogen-bond donors (Lipinski definition) is 1. The van der Waals surface area contributed by atoms with E-state index in [0.29, 0.717) is 6.04 Å². The molecule has 1 aliphatic rings. The highest BCUT2D eigenvalue weighted by Crippen LogP contribution is 2.30. The van der Waals surface area contributed by atoms with Crippen LogP contribution in [0.15, 0.2) is 22.2 Å². The summed E-state index contributed by atoms with van der Waals surface area (Å²) in [6, 6.07) is 2.63. The van der Waals surface area contributed by atoms with Crippen LogP contribution in [-0.4, -0.2) is 11.5 Å². The van der Waals surface area contributed by atoms with E-state index < -0.39 is 0 Å². The Bertz CT molecular complexity index is 427. The van der Waals surface area contributed by atoms with E-state index in [1.165, 1.54) is 24.1 Å². The van der Waals surface area contributed by atoms with Crippen molar-refractivity contribution in [3.63, 3.8) is 0 Å². The summed E-state index contributed by atoms with van der Waals surface area (Å²) in [5.41, 5.74) is 2.48. The van der Waals surface area contributed by atoms with Gasteiger partial charge in [-0.25, -0.2) is 4.98 Å². The minimum Gasteiger partial charge on any atom is -0.309 e. The van der Waals surface area contributed by atoms with Gasteiger partial charge in [0.05, 0.1) is 11.7 Å². The number of thiophene rings is 1. The monoisotopic (exact) mass is 236 g/mol. The third-order valence-corrected chi connectivity index (χ3v) is 4.30. The molecule has 78 valence electrons. The van der Waals surface area contributed by atoms with E-state index in [4.69, 9.17) is 4.98 Å². The van der Waals surface area contributed by atoms with Crippen molar-refractivity contribution in [3.8, 4) is 10.6 Å². The van der Waals surface area contributed by atoms with Crippen LogP contribution in [0.5, 0.6) is 0 Å². The maximum absolute atomic E-state index is 4.70. The van der Waals surface area contributed by atoms with Gasteiger partial charge in [0.25, 0.3) is 0 Å². The van der Waals surface area contributed by atoms with E-state index >= 15 is 0 Å². The molecule has 0 saturated carbocycles. The van der Waals surface area contributed by atoms with Crippen LogP contribution in [0.4, 0.5) is 0 Å². The van der Waals surface area contributed by atoms with Gasteiger partial charge in [-0.05, 0) is 30.8 Å². The predicted octanol–water partition coefficient (Wildman–Crippen LogP) is 3.30. The van der Waals surface area contributed by atoms with Crippen molar-refractivity contribution < 1.29 is 0 Å². The molecule has 1 fully saturated rings. The number of aromatic nitrogens is 1. The molecule has 0 aliphatic carbocycles. The zero-order chi connectivity index (χ0) is 10.1. The molecule has 1 aliphatic heterocycles. The van der Waals surface area contributed by atoms with Crippen molar-refractivity contribution in [2.24, 2.45) is 0 Å². The third kappa shape index (κ3) is 1.85. The highest BCUT2D eigenvalue weighted by molar-refractivity contribution is 7.14. The lowest BCUT2D eigenvalue weighted by Crippen LogP contribution is -2.12. The Morgan fingerprint density at radius 3 is 3.13 bits per heavy atom. The van der Waals surface area contributed by atoms with Gasteiger partial charge < -0.3 is 5.32 Å². The number of thiazole rings is 1. The van der Waals surface area contributed by atoms with E-state index in [0.717, 1.165) is 11.6 Å². The first-order valence-corrected chi connectivity index (χ1v) is 6.97. The summed E-state index contributed by atoms with van der Waals surface area (Å²) in [5.74, 6) is 0. The molecule has 0 unspecified atom stereocenters. The standard InChI is InChI=1S/C11H12N2S2/c1-2-9(12-4-1)10-7-15-11(13-10)8-3-5-14-6-8/h3,5-7,9,12H,1-2,4H2/t9-/m1/s1. The number of nitrogens with zero attached hydrogens (tertiary/aromatic N) is 1. The third-order valence-electron chi connectivity index (χ3n) is 2.71. The van der Waals surface area contributed by atoms with Gasteiger partial charge in [0.2, 0.25) is 0 Å². The first kappa shape index (κ1) is 9.51. The summed E-state index contributed by atoms with van der Waals surface area (Å²) in [4.78, 5) is 4.70. The number of rotatable bonds is 2. The molecule has 0 bridgehead atoms. The summed E-state index contributed by atoms with van der Waals surface area (Å²) in [7, 11) is 0. The lowest BCUT2D eigenvalue weighted by atomic mass is 10.2. The van der Waals surface area contributed by atoms with Gasteiger partial charge in [0, 0.05) is 16.3 Å². The fourth-order valence-electron chi connectivity index (χ4n) is 1.90. The molecule has 0 aromatic carbocycles. The van der Waals surface area contributed by atoms with Crippen LogP contribution in [0.2, 0.25) is 0 Å². The smallest absolute Gasteiger partial charge is 0.124 e. The first-order chi connectivity index (χ1) is 7.43. The van der Waals surface area contributed by atoms with Crippen LogP contribution in [0, 0.1) is 0 Å². The molecule has 2 aromatic rings. The van der Waals surface area contributed by atoms with Gasteiger partial charge in [-0.3, -0.25) is 0 Å². The highest BCUT2D eigenvalue weighted by Gasteiger charge is 2.19. The lowest BCUT2D eigenvalue weighted by molar-refractivity contribution is 0.632. The molecule has 3 rings (SSSR count). The Balaban J connectivity index is 1.87. The van der Waals surface area contributed by atoms with Crippen molar-refractivity contribution in [2.45, 2.75) is 18.9 Å². The molecule has 0 spiro atoms. The molecule has 4 heteroatoms. The van der Waals surface area contributed by atoms with Crippen molar-refractivity contribution in [3.05, 3.63) is 27.9 Å². The van der Waals surface area contributed by atoms with Crippen LogP contribution in [0.25, 0.3) is 10.6 Å². The molecular weight excluding hydrogens is 224 g/mol. The van der Waals surface area contributed by atoms with Gasteiger partial charge >= 0.3 is 0 Å². The second-order valence-electron chi connectivity index (χ2n) is 3.74. The fourth-order valence-corrected chi connectivity index (χ4v) is 3.49. The average Bonchev–Trinajstić information content (AvgIpc) is 3.02. The maximum Gasteiger partial charge on any atom is 0.124 e. The average molecular weight is 236 g/mol. The van der Waals surface area contributed by atoms with Crippen LogP contribution >= 0.6 is 22.7 Å². The summed E-state index contributed by atoms with van der Waals surface area (Å²) in [6.45, 7) is 1.13. The second-order valence-corrected chi connectivity index (χ2v) is 5.38. The van der Waals surface area contributed by atoms with Crippen LogP contribution in [0.3, 0.4) is 0 Å². The summed E-state index contributed by atoms with van der Waals surface area (Å²) in [6.07, 6.45) is 2.50. The van der Waals surface area contributed by atoms with Crippen molar-refractivity contribution >= 4 is 22.7 Å². The van der Waals surface area contributed by atoms with E-state index in [9.17, 15) is 0 Å². The Kier molecular flexibility index (Phi) is 2.56. The largest absolute Gasteiger partial charge is 0.309 e. The van der Waals surface area contributed by atoms with Gasteiger partial charge in [-0.15, -0.1) is 11.3 Å². The maximum atomic E-state index is 4.70. The molecule has 15 heavy (non-hydrogen) atoms. The Morgan fingerprint density at radius 2 is 2.40 bits per heavy atom. The Hall–Kier alpha value is -0.710. The summed E-state index contributed by atoms with van der Waals surface area (Å²) >= 11 is 3.48. The predicted molar refractivity (Wildman–Crippen MR) is 65.4 cm³/mol. The van der Waals surface area contributed by atoms with E-state index in [1.54, 1.807) is 22.7 Å². The van der Waals surface area contributed by atoms with Crippen LogP contribution in [0.1, 0.15) is 24.6 Å². The molecule has 1 saturated heterocycles. The molecule has 2 aromatic heterocycles. The lowest BCUT2D eigenvalue weighted by Gasteiger charge is -2.04. The summed E-state index contributed by atoms with van der Waals surface area (Å²) in [5, 5.41) is 11.1. The van der Waals surface area contributed by atoms with Crippen molar-refractivity contribution in [1.82, 2.24) is 10.3 Å². The van der Waals surface area contributed by atoms with E-state index in [2.05, 4.69) is 27.5 Å². The first-order valence-electron chi connectivity index (χ1n) is 5.15. The molecule has 1 atom stereocenters. The minimum absolute atomic E-state index is 0.494. The molecule has 3 heterocycles.